The number of aromatic nitrogens is 3. The predicted molar refractivity (Wildman–Crippen MR) is 131 cm³/mol. The van der Waals surface area contributed by atoms with Crippen LogP contribution in [0.4, 0.5) is 0 Å². The quantitative estimate of drug-likeness (QED) is 0.228. The maximum Gasteiger partial charge on any atom is 0.308 e. The Morgan fingerprint density at radius 1 is 0.909 bits per heavy atom. The molecule has 1 N–H and O–H groups in total. The van der Waals surface area contributed by atoms with Gasteiger partial charge in [-0.2, -0.15) is 9.90 Å². The molecule has 0 aliphatic carbocycles. The van der Waals surface area contributed by atoms with E-state index in [0.717, 1.165) is 31.2 Å². The van der Waals surface area contributed by atoms with Crippen molar-refractivity contribution in [1.29, 1.82) is 0 Å². The molecule has 0 radical (unpaired) electrons. The summed E-state index contributed by atoms with van der Waals surface area (Å²) in [6, 6.07) is 15.2. The Morgan fingerprint density at radius 2 is 1.64 bits per heavy atom. The Kier molecular flexibility index (Phi) is 9.28. The van der Waals surface area contributed by atoms with Crippen LogP contribution in [0.25, 0.3) is 11.0 Å². The van der Waals surface area contributed by atoms with E-state index in [0.29, 0.717) is 24.1 Å². The zero-order valence-electron chi connectivity index (χ0n) is 20.0. The third-order valence-corrected chi connectivity index (χ3v) is 6.23. The van der Waals surface area contributed by atoms with Crippen molar-refractivity contribution in [3.63, 3.8) is 0 Å². The molecule has 0 aliphatic heterocycles. The molecule has 0 spiro atoms. The molecule has 0 saturated carbocycles. The van der Waals surface area contributed by atoms with Gasteiger partial charge in [0.05, 0.1) is 13.0 Å². The lowest BCUT2D eigenvalue weighted by atomic mass is 9.82. The first-order chi connectivity index (χ1) is 16.1. The molecule has 6 nitrogen and oxygen atoms in total. The molecule has 1 unspecified atom stereocenters. The Bertz CT molecular complexity index is 1000. The number of hydrogen-bond acceptors (Lipinski definition) is 5. The van der Waals surface area contributed by atoms with Gasteiger partial charge in [0.2, 0.25) is 0 Å². The number of aromatic hydroxyl groups is 1. The molecule has 1 heterocycles. The van der Waals surface area contributed by atoms with Gasteiger partial charge in [0.1, 0.15) is 16.8 Å². The number of phenolic OH excluding ortho intramolecular Hbond substituents is 1. The van der Waals surface area contributed by atoms with Crippen LogP contribution in [0, 0.1) is 0 Å². The van der Waals surface area contributed by atoms with E-state index in [9.17, 15) is 9.90 Å². The highest BCUT2D eigenvalue weighted by atomic mass is 16.5. The molecule has 3 rings (SSSR count). The molecular weight excluding hydrogens is 414 g/mol. The standard InChI is InChI=1S/C27H37N3O3/c1-3-5-7-8-9-13-19-27(22-15-11-10-12-16-22,21-25(32)33-20-6-4-2)30-28-23-17-14-18-24(31)26(23)29-30/h10-12,14-18,31H,3-9,13,19-21H2,1-2H3. The molecule has 1 aromatic heterocycles. The lowest BCUT2D eigenvalue weighted by molar-refractivity contribution is -0.146. The number of esters is 1. The van der Waals surface area contributed by atoms with Crippen molar-refractivity contribution in [2.24, 2.45) is 0 Å². The number of rotatable bonds is 14. The van der Waals surface area contributed by atoms with E-state index >= 15 is 0 Å². The van der Waals surface area contributed by atoms with Crippen LogP contribution >= 0.6 is 0 Å². The molecule has 0 bridgehead atoms. The van der Waals surface area contributed by atoms with E-state index in [4.69, 9.17) is 9.84 Å². The average Bonchev–Trinajstić information content (AvgIpc) is 3.27. The van der Waals surface area contributed by atoms with Crippen LogP contribution in [0.1, 0.15) is 83.6 Å². The van der Waals surface area contributed by atoms with E-state index in [2.05, 4.69) is 18.9 Å². The van der Waals surface area contributed by atoms with Crippen LogP contribution in [0.3, 0.4) is 0 Å². The summed E-state index contributed by atoms with van der Waals surface area (Å²) in [6.07, 6.45) is 9.59. The van der Waals surface area contributed by atoms with Crippen LogP contribution in [0.5, 0.6) is 5.75 Å². The minimum atomic E-state index is -0.777. The van der Waals surface area contributed by atoms with E-state index in [-0.39, 0.29) is 18.1 Å². The molecule has 0 saturated heterocycles. The monoisotopic (exact) mass is 451 g/mol. The van der Waals surface area contributed by atoms with Crippen molar-refractivity contribution in [3.05, 3.63) is 54.1 Å². The minimum Gasteiger partial charge on any atom is -0.506 e. The van der Waals surface area contributed by atoms with Crippen LogP contribution < -0.4 is 0 Å². The second-order valence-electron chi connectivity index (χ2n) is 8.80. The summed E-state index contributed by atoms with van der Waals surface area (Å²) in [5.41, 5.74) is 1.25. The van der Waals surface area contributed by atoms with E-state index in [1.165, 1.54) is 25.7 Å². The van der Waals surface area contributed by atoms with Gasteiger partial charge < -0.3 is 9.84 Å². The molecule has 0 fully saturated rings. The second kappa shape index (κ2) is 12.4. The highest BCUT2D eigenvalue weighted by molar-refractivity contribution is 5.80. The van der Waals surface area contributed by atoms with Gasteiger partial charge in [0.25, 0.3) is 0 Å². The zero-order chi connectivity index (χ0) is 23.5. The Hall–Kier alpha value is -2.89. The number of phenols is 1. The van der Waals surface area contributed by atoms with Gasteiger partial charge in [0.15, 0.2) is 5.52 Å². The number of fused-ring (bicyclic) bond motifs is 1. The first-order valence-electron chi connectivity index (χ1n) is 12.4. The summed E-state index contributed by atoms with van der Waals surface area (Å²) in [6.45, 7) is 4.72. The Balaban J connectivity index is 1.98. The van der Waals surface area contributed by atoms with Crippen LogP contribution in [0.2, 0.25) is 0 Å². The smallest absolute Gasteiger partial charge is 0.308 e. The minimum absolute atomic E-state index is 0.0887. The summed E-state index contributed by atoms with van der Waals surface area (Å²) in [4.78, 5) is 14.6. The molecule has 33 heavy (non-hydrogen) atoms. The molecule has 2 aromatic carbocycles. The van der Waals surface area contributed by atoms with Gasteiger partial charge in [-0.15, -0.1) is 5.10 Å². The van der Waals surface area contributed by atoms with Crippen molar-refractivity contribution in [2.45, 2.75) is 83.6 Å². The van der Waals surface area contributed by atoms with Crippen molar-refractivity contribution in [3.8, 4) is 5.75 Å². The van der Waals surface area contributed by atoms with E-state index < -0.39 is 5.54 Å². The SMILES string of the molecule is CCCCCCCCC(CC(=O)OCCCC)(c1ccccc1)n1nc2cccc(O)c2n1. The highest BCUT2D eigenvalue weighted by Crippen LogP contribution is 2.37. The summed E-state index contributed by atoms with van der Waals surface area (Å²) in [5.74, 6) is -0.158. The molecule has 0 amide bonds. The number of carbonyl (C=O) groups excluding carboxylic acids is 1. The molecular formula is C27H37N3O3. The number of nitrogens with zero attached hydrogens (tertiary/aromatic N) is 3. The molecule has 0 aliphatic rings. The summed E-state index contributed by atoms with van der Waals surface area (Å²) in [5, 5.41) is 19.8. The summed E-state index contributed by atoms with van der Waals surface area (Å²) >= 11 is 0. The van der Waals surface area contributed by atoms with Crippen LogP contribution in [0.15, 0.2) is 48.5 Å². The Morgan fingerprint density at radius 3 is 2.36 bits per heavy atom. The number of hydrogen-bond donors (Lipinski definition) is 1. The number of ether oxygens (including phenoxy) is 1. The van der Waals surface area contributed by atoms with Gasteiger partial charge in [-0.25, -0.2) is 0 Å². The topological polar surface area (TPSA) is 77.2 Å². The van der Waals surface area contributed by atoms with Crippen LogP contribution in [-0.2, 0) is 15.1 Å². The third kappa shape index (κ3) is 6.34. The molecule has 3 aromatic rings. The summed E-state index contributed by atoms with van der Waals surface area (Å²) < 4.78 is 5.58. The fraction of sp³-hybridized carbons (Fsp3) is 0.519. The predicted octanol–water partition coefficient (Wildman–Crippen LogP) is 6.36. The number of carbonyl (C=O) groups is 1. The molecule has 178 valence electrons. The highest BCUT2D eigenvalue weighted by Gasteiger charge is 2.39. The van der Waals surface area contributed by atoms with Gasteiger partial charge in [-0.05, 0) is 30.5 Å². The maximum atomic E-state index is 13.0. The maximum absolute atomic E-state index is 13.0. The van der Waals surface area contributed by atoms with Gasteiger partial charge in [-0.1, -0.05) is 95.2 Å². The zero-order valence-corrected chi connectivity index (χ0v) is 20.0. The van der Waals surface area contributed by atoms with Crippen molar-refractivity contribution in [2.75, 3.05) is 6.61 Å². The third-order valence-electron chi connectivity index (χ3n) is 6.23. The Labute approximate surface area is 197 Å². The van der Waals surface area contributed by atoms with Crippen molar-refractivity contribution in [1.82, 2.24) is 15.0 Å². The van der Waals surface area contributed by atoms with Crippen LogP contribution in [-0.4, -0.2) is 32.7 Å². The van der Waals surface area contributed by atoms with Crippen molar-refractivity contribution < 1.29 is 14.6 Å². The average molecular weight is 452 g/mol. The van der Waals surface area contributed by atoms with Crippen molar-refractivity contribution >= 4 is 17.0 Å². The largest absolute Gasteiger partial charge is 0.506 e. The normalized spacial score (nSPS) is 13.2. The fourth-order valence-electron chi connectivity index (χ4n) is 4.30. The number of benzene rings is 2. The fourth-order valence-corrected chi connectivity index (χ4v) is 4.30. The van der Waals surface area contributed by atoms with Gasteiger partial charge in [-0.3, -0.25) is 4.79 Å². The van der Waals surface area contributed by atoms with E-state index in [1.54, 1.807) is 16.9 Å². The molecule has 6 heteroatoms. The summed E-state index contributed by atoms with van der Waals surface area (Å²) in [7, 11) is 0. The number of unbranched alkanes of at least 4 members (excludes halogenated alkanes) is 6. The van der Waals surface area contributed by atoms with E-state index in [1.807, 2.05) is 36.4 Å². The lowest BCUT2D eigenvalue weighted by Gasteiger charge is -2.33. The first kappa shape index (κ1) is 24.7. The van der Waals surface area contributed by atoms with Gasteiger partial charge >= 0.3 is 5.97 Å². The molecule has 1 atom stereocenters. The first-order valence-corrected chi connectivity index (χ1v) is 12.4. The second-order valence-corrected chi connectivity index (χ2v) is 8.80. The lowest BCUT2D eigenvalue weighted by Crippen LogP contribution is -2.40. The van der Waals surface area contributed by atoms with Gasteiger partial charge in [0, 0.05) is 0 Å².